The summed E-state index contributed by atoms with van der Waals surface area (Å²) in [4.78, 5) is 26.2. The molecular formula is C17H23N2O6S-. The van der Waals surface area contributed by atoms with Crippen molar-refractivity contribution in [3.05, 3.63) is 23.8 Å². The minimum absolute atomic E-state index is 0.0199. The van der Waals surface area contributed by atoms with Crippen molar-refractivity contribution >= 4 is 28.8 Å². The Balaban J connectivity index is 2.53. The highest BCUT2D eigenvalue weighted by molar-refractivity contribution is 7.79. The molecule has 3 atom stereocenters. The Kier molecular flexibility index (Phi) is 5.92. The molecule has 2 rings (SSSR count). The van der Waals surface area contributed by atoms with Gasteiger partial charge in [0.25, 0.3) is 0 Å². The zero-order valence-electron chi connectivity index (χ0n) is 15.2. The van der Waals surface area contributed by atoms with Gasteiger partial charge < -0.3 is 24.7 Å². The summed E-state index contributed by atoms with van der Waals surface area (Å²) >= 11 is -2.56. The van der Waals surface area contributed by atoms with Crippen LogP contribution in [0, 0.1) is 5.92 Å². The molecule has 0 spiro atoms. The lowest BCUT2D eigenvalue weighted by molar-refractivity contribution is -0.146. The summed E-state index contributed by atoms with van der Waals surface area (Å²) in [5, 5.41) is 0. The lowest BCUT2D eigenvalue weighted by Crippen LogP contribution is -2.38. The Labute approximate surface area is 154 Å². The van der Waals surface area contributed by atoms with E-state index in [1.807, 2.05) is 0 Å². The number of nitrogens with zero attached hydrogens (tertiary/aromatic N) is 1. The van der Waals surface area contributed by atoms with Crippen molar-refractivity contribution in [3.8, 4) is 0 Å². The van der Waals surface area contributed by atoms with Crippen molar-refractivity contribution in [2.24, 2.45) is 5.92 Å². The molecule has 0 saturated carbocycles. The summed E-state index contributed by atoms with van der Waals surface area (Å²) in [7, 11) is 1.25. The number of carbonyl (C=O) groups is 2. The number of methoxy groups -OCH3 is 1. The maximum Gasteiger partial charge on any atom is 0.410 e. The van der Waals surface area contributed by atoms with Gasteiger partial charge in [0, 0.05) is 17.1 Å². The van der Waals surface area contributed by atoms with Gasteiger partial charge in [-0.1, -0.05) is 0 Å². The molecule has 9 heteroatoms. The number of rotatable bonds is 3. The molecular weight excluding hydrogens is 360 g/mol. The minimum atomic E-state index is -2.56. The highest BCUT2D eigenvalue weighted by Gasteiger charge is 2.45. The zero-order valence-corrected chi connectivity index (χ0v) is 16.0. The third-order valence-electron chi connectivity index (χ3n) is 4.06. The molecule has 0 aromatic heterocycles. The van der Waals surface area contributed by atoms with Gasteiger partial charge in [-0.3, -0.25) is 9.00 Å². The number of likely N-dealkylation sites (tertiary alicyclic amines) is 1. The van der Waals surface area contributed by atoms with Gasteiger partial charge in [-0.15, -0.1) is 0 Å². The SMILES string of the molecule is COC(=O)C1CCN(C(=O)OC(C)(C)C)C1c1cc(N)ccc1S(=O)[O-]. The van der Waals surface area contributed by atoms with Gasteiger partial charge in [0.1, 0.15) is 5.60 Å². The van der Waals surface area contributed by atoms with E-state index in [0.717, 1.165) is 0 Å². The number of amides is 1. The van der Waals surface area contributed by atoms with E-state index in [1.54, 1.807) is 20.8 Å². The molecule has 144 valence electrons. The molecule has 1 aliphatic heterocycles. The monoisotopic (exact) mass is 383 g/mol. The minimum Gasteiger partial charge on any atom is -0.768 e. The van der Waals surface area contributed by atoms with Crippen molar-refractivity contribution in [2.75, 3.05) is 19.4 Å². The largest absolute Gasteiger partial charge is 0.768 e. The van der Waals surface area contributed by atoms with E-state index in [-0.39, 0.29) is 17.0 Å². The maximum atomic E-state index is 12.6. The van der Waals surface area contributed by atoms with Gasteiger partial charge in [0.15, 0.2) is 0 Å². The van der Waals surface area contributed by atoms with E-state index in [1.165, 1.54) is 30.2 Å². The molecule has 3 unspecified atom stereocenters. The summed E-state index contributed by atoms with van der Waals surface area (Å²) in [6.07, 6.45) is -0.296. The summed E-state index contributed by atoms with van der Waals surface area (Å²) in [5.41, 5.74) is 5.69. The molecule has 1 aromatic carbocycles. The van der Waals surface area contributed by atoms with Crippen LogP contribution in [0.3, 0.4) is 0 Å². The van der Waals surface area contributed by atoms with Gasteiger partial charge in [-0.2, -0.15) is 0 Å². The number of hydrogen-bond acceptors (Lipinski definition) is 7. The number of nitrogens with two attached hydrogens (primary N) is 1. The van der Waals surface area contributed by atoms with E-state index in [0.29, 0.717) is 12.1 Å². The third-order valence-corrected chi connectivity index (χ3v) is 4.79. The van der Waals surface area contributed by atoms with E-state index in [4.69, 9.17) is 15.2 Å². The molecule has 0 radical (unpaired) electrons. The molecule has 1 aliphatic rings. The molecule has 26 heavy (non-hydrogen) atoms. The van der Waals surface area contributed by atoms with E-state index >= 15 is 0 Å². The van der Waals surface area contributed by atoms with E-state index in [2.05, 4.69) is 0 Å². The predicted octanol–water partition coefficient (Wildman–Crippen LogP) is 1.98. The van der Waals surface area contributed by atoms with Crippen molar-refractivity contribution in [3.63, 3.8) is 0 Å². The number of hydrogen-bond donors (Lipinski definition) is 1. The number of carbonyl (C=O) groups excluding carboxylic acids is 2. The normalized spacial score (nSPS) is 21.3. The van der Waals surface area contributed by atoms with Gasteiger partial charge in [0.2, 0.25) is 0 Å². The van der Waals surface area contributed by atoms with E-state index in [9.17, 15) is 18.4 Å². The van der Waals surface area contributed by atoms with Crippen LogP contribution in [0.2, 0.25) is 0 Å². The van der Waals surface area contributed by atoms with Gasteiger partial charge in [-0.25, -0.2) is 4.79 Å². The van der Waals surface area contributed by atoms with Crippen LogP contribution in [0.5, 0.6) is 0 Å². The van der Waals surface area contributed by atoms with Gasteiger partial charge in [-0.05, 0) is 62.0 Å². The van der Waals surface area contributed by atoms with Crippen LogP contribution in [0.1, 0.15) is 38.8 Å². The molecule has 1 fully saturated rings. The topological polar surface area (TPSA) is 122 Å². The van der Waals surface area contributed by atoms with Crippen LogP contribution < -0.4 is 5.73 Å². The Morgan fingerprint density at radius 3 is 2.54 bits per heavy atom. The quantitative estimate of drug-likeness (QED) is 0.481. The van der Waals surface area contributed by atoms with Crippen LogP contribution >= 0.6 is 0 Å². The fourth-order valence-corrected chi connectivity index (χ4v) is 3.60. The van der Waals surface area contributed by atoms with Crippen LogP contribution in [-0.2, 0) is 25.3 Å². The number of anilines is 1. The highest BCUT2D eigenvalue weighted by atomic mass is 32.2. The number of nitrogen functional groups attached to an aromatic ring is 1. The Hall–Kier alpha value is -2.13. The third kappa shape index (κ3) is 4.34. The first-order chi connectivity index (χ1) is 12.0. The molecule has 1 amide bonds. The summed E-state index contributed by atoms with van der Waals surface area (Å²) in [5.74, 6) is -1.23. The average molecular weight is 383 g/mol. The molecule has 2 N–H and O–H groups in total. The van der Waals surface area contributed by atoms with Crippen molar-refractivity contribution < 1.29 is 27.8 Å². The van der Waals surface area contributed by atoms with Crippen LogP contribution in [0.15, 0.2) is 23.1 Å². The highest BCUT2D eigenvalue weighted by Crippen LogP contribution is 2.41. The molecule has 0 bridgehead atoms. The van der Waals surface area contributed by atoms with E-state index < -0.39 is 40.7 Å². The number of esters is 1. The fourth-order valence-electron chi connectivity index (χ4n) is 3.05. The van der Waals surface area contributed by atoms with Crippen molar-refractivity contribution in [1.82, 2.24) is 4.90 Å². The molecule has 8 nitrogen and oxygen atoms in total. The zero-order chi connectivity index (χ0) is 19.6. The smallest absolute Gasteiger partial charge is 0.410 e. The second-order valence-corrected chi connectivity index (χ2v) is 7.98. The van der Waals surface area contributed by atoms with Gasteiger partial charge in [0.05, 0.1) is 19.1 Å². The summed E-state index contributed by atoms with van der Waals surface area (Å²) < 4.78 is 33.6. The van der Waals surface area contributed by atoms with Crippen molar-refractivity contribution in [2.45, 2.75) is 43.7 Å². The molecule has 1 aromatic rings. The molecule has 1 saturated heterocycles. The predicted molar refractivity (Wildman–Crippen MR) is 93.8 cm³/mol. The van der Waals surface area contributed by atoms with Crippen LogP contribution in [-0.4, -0.2) is 45.0 Å². The Bertz CT molecular complexity index is 730. The Morgan fingerprint density at radius 1 is 1.35 bits per heavy atom. The fraction of sp³-hybridized carbons (Fsp3) is 0.529. The second kappa shape index (κ2) is 7.63. The van der Waals surface area contributed by atoms with Crippen LogP contribution in [0.25, 0.3) is 0 Å². The van der Waals surface area contributed by atoms with Crippen LogP contribution in [0.4, 0.5) is 10.5 Å². The second-order valence-electron chi connectivity index (χ2n) is 7.07. The lowest BCUT2D eigenvalue weighted by Gasteiger charge is -2.31. The Morgan fingerprint density at radius 2 is 2.00 bits per heavy atom. The number of benzene rings is 1. The number of ether oxygens (including phenoxy) is 2. The average Bonchev–Trinajstić information content (AvgIpc) is 2.97. The first kappa shape index (κ1) is 20.2. The summed E-state index contributed by atoms with van der Waals surface area (Å²) in [6, 6.07) is 3.44. The molecule has 0 aliphatic carbocycles. The van der Waals surface area contributed by atoms with Crippen molar-refractivity contribution in [1.29, 1.82) is 0 Å². The standard InChI is InChI=1S/C17H24N2O6S/c1-17(2,3)25-16(21)19-8-7-11(15(20)24-4)14(19)12-9-10(18)5-6-13(12)26(22)23/h5-6,9,11,14H,7-8,18H2,1-4H3,(H,22,23)/p-1. The maximum absolute atomic E-state index is 12.6. The molecule has 1 heterocycles. The lowest BCUT2D eigenvalue weighted by atomic mass is 9.93. The van der Waals surface area contributed by atoms with Gasteiger partial charge >= 0.3 is 12.1 Å². The summed E-state index contributed by atoms with van der Waals surface area (Å²) in [6.45, 7) is 5.42. The first-order valence-corrected chi connectivity index (χ1v) is 9.18. The first-order valence-electron chi connectivity index (χ1n) is 8.11.